The lowest BCUT2D eigenvalue weighted by molar-refractivity contribution is -0.121. The van der Waals surface area contributed by atoms with Crippen molar-refractivity contribution < 1.29 is 4.79 Å². The Morgan fingerprint density at radius 1 is 1.26 bits per heavy atom. The minimum absolute atomic E-state index is 0.111. The first-order valence-corrected chi connectivity index (χ1v) is 6.62. The fourth-order valence-electron chi connectivity index (χ4n) is 2.06. The van der Waals surface area contributed by atoms with Crippen molar-refractivity contribution >= 4 is 16.8 Å². The highest BCUT2D eigenvalue weighted by Gasteiger charge is 2.04. The van der Waals surface area contributed by atoms with Crippen molar-refractivity contribution in [2.24, 2.45) is 0 Å². The molecule has 0 aliphatic rings. The van der Waals surface area contributed by atoms with Crippen LogP contribution in [0, 0.1) is 0 Å². The van der Waals surface area contributed by atoms with Gasteiger partial charge in [0.25, 0.3) is 0 Å². The lowest BCUT2D eigenvalue weighted by Crippen LogP contribution is -2.31. The molecule has 0 saturated heterocycles. The van der Waals surface area contributed by atoms with E-state index in [1.54, 1.807) is 0 Å². The molecule has 0 spiro atoms. The number of amides is 1. The van der Waals surface area contributed by atoms with Crippen molar-refractivity contribution in [2.45, 2.75) is 13.0 Å². The lowest BCUT2D eigenvalue weighted by atomic mass is 10.2. The minimum atomic E-state index is 0.111. The van der Waals surface area contributed by atoms with Gasteiger partial charge in [-0.2, -0.15) is 0 Å². The van der Waals surface area contributed by atoms with Crippen LogP contribution in [0.5, 0.6) is 0 Å². The number of para-hydroxylation sites is 1. The number of carbonyl (C=O) groups is 1. The largest absolute Gasteiger partial charge is 0.355 e. The second-order valence-electron chi connectivity index (χ2n) is 4.97. The van der Waals surface area contributed by atoms with Crippen molar-refractivity contribution in [1.82, 2.24) is 14.8 Å². The molecule has 1 amide bonds. The Bertz CT molecular complexity index is 545. The van der Waals surface area contributed by atoms with Gasteiger partial charge in [-0.3, -0.25) is 4.79 Å². The highest BCUT2D eigenvalue weighted by Crippen LogP contribution is 2.15. The zero-order chi connectivity index (χ0) is 13.7. The monoisotopic (exact) mass is 259 g/mol. The van der Waals surface area contributed by atoms with Crippen molar-refractivity contribution in [3.63, 3.8) is 0 Å². The number of nitrogens with one attached hydrogen (secondary N) is 1. The third-order valence-corrected chi connectivity index (χ3v) is 3.14. The summed E-state index contributed by atoms with van der Waals surface area (Å²) in [5, 5.41) is 4.15. The summed E-state index contributed by atoms with van der Waals surface area (Å²) in [6, 6.07) is 10.3. The molecular weight excluding hydrogens is 238 g/mol. The summed E-state index contributed by atoms with van der Waals surface area (Å²) in [6.45, 7) is 2.30. The van der Waals surface area contributed by atoms with E-state index in [2.05, 4.69) is 33.0 Å². The molecule has 0 aliphatic carbocycles. The Labute approximate surface area is 114 Å². The van der Waals surface area contributed by atoms with Crippen LogP contribution < -0.4 is 5.32 Å². The zero-order valence-electron chi connectivity index (χ0n) is 11.6. The predicted octanol–water partition coefficient (Wildman–Crippen LogP) is 1.71. The first kappa shape index (κ1) is 13.6. The molecule has 0 radical (unpaired) electrons. The van der Waals surface area contributed by atoms with Crippen LogP contribution >= 0.6 is 0 Å². The smallest absolute Gasteiger partial charge is 0.221 e. The minimum Gasteiger partial charge on any atom is -0.355 e. The molecule has 0 saturated carbocycles. The van der Waals surface area contributed by atoms with Crippen LogP contribution in [0.1, 0.15) is 6.42 Å². The van der Waals surface area contributed by atoms with E-state index in [9.17, 15) is 4.79 Å². The molecule has 1 aromatic carbocycles. The molecule has 102 valence electrons. The molecular formula is C15H21N3O. The van der Waals surface area contributed by atoms with Gasteiger partial charge in [0.1, 0.15) is 0 Å². The first-order chi connectivity index (χ1) is 9.16. The van der Waals surface area contributed by atoms with Crippen molar-refractivity contribution in [2.75, 3.05) is 27.2 Å². The summed E-state index contributed by atoms with van der Waals surface area (Å²) in [7, 11) is 4.00. The molecule has 0 bridgehead atoms. The number of aryl methyl sites for hydroxylation is 1. The maximum absolute atomic E-state index is 11.7. The van der Waals surface area contributed by atoms with Gasteiger partial charge < -0.3 is 14.8 Å². The van der Waals surface area contributed by atoms with E-state index in [-0.39, 0.29) is 5.91 Å². The molecule has 0 unspecified atom stereocenters. The Morgan fingerprint density at radius 2 is 2.05 bits per heavy atom. The van der Waals surface area contributed by atoms with E-state index in [0.29, 0.717) is 13.0 Å². The Kier molecular flexibility index (Phi) is 4.58. The summed E-state index contributed by atoms with van der Waals surface area (Å²) in [4.78, 5) is 13.8. The Morgan fingerprint density at radius 3 is 2.84 bits per heavy atom. The molecule has 0 aliphatic heterocycles. The molecule has 4 nitrogen and oxygen atoms in total. The highest BCUT2D eigenvalue weighted by molar-refractivity contribution is 5.80. The number of nitrogens with zero attached hydrogens (tertiary/aromatic N) is 2. The van der Waals surface area contributed by atoms with Gasteiger partial charge in [-0.15, -0.1) is 0 Å². The number of benzene rings is 1. The molecule has 1 heterocycles. The summed E-state index contributed by atoms with van der Waals surface area (Å²) in [6.07, 6.45) is 2.56. The number of likely N-dealkylation sites (N-methyl/N-ethyl adjacent to an activating group) is 1. The second-order valence-corrected chi connectivity index (χ2v) is 4.97. The number of fused-ring (bicyclic) bond motifs is 1. The average molecular weight is 259 g/mol. The van der Waals surface area contributed by atoms with Gasteiger partial charge in [0.05, 0.1) is 0 Å². The third-order valence-electron chi connectivity index (χ3n) is 3.14. The van der Waals surface area contributed by atoms with Crippen molar-refractivity contribution in [3.05, 3.63) is 36.5 Å². The molecule has 2 aromatic rings. The van der Waals surface area contributed by atoms with Gasteiger partial charge in [-0.25, -0.2) is 0 Å². The molecule has 1 N–H and O–H groups in total. The highest BCUT2D eigenvalue weighted by atomic mass is 16.1. The SMILES string of the molecule is CN(C)CCNC(=O)CCn1ccc2ccccc21. The summed E-state index contributed by atoms with van der Waals surface area (Å²) in [5.41, 5.74) is 1.18. The molecule has 2 rings (SSSR count). The molecule has 4 heteroatoms. The van der Waals surface area contributed by atoms with Crippen LogP contribution in [0.4, 0.5) is 0 Å². The maximum atomic E-state index is 11.7. The molecule has 1 aromatic heterocycles. The van der Waals surface area contributed by atoms with E-state index >= 15 is 0 Å². The Balaban J connectivity index is 1.83. The van der Waals surface area contributed by atoms with E-state index in [1.807, 2.05) is 32.4 Å². The maximum Gasteiger partial charge on any atom is 0.221 e. The fourth-order valence-corrected chi connectivity index (χ4v) is 2.06. The third kappa shape index (κ3) is 3.83. The number of hydrogen-bond donors (Lipinski definition) is 1. The van der Waals surface area contributed by atoms with Crippen molar-refractivity contribution in [1.29, 1.82) is 0 Å². The van der Waals surface area contributed by atoms with Gasteiger partial charge in [0.15, 0.2) is 0 Å². The fraction of sp³-hybridized carbons (Fsp3) is 0.400. The van der Waals surface area contributed by atoms with E-state index in [1.165, 1.54) is 10.9 Å². The van der Waals surface area contributed by atoms with E-state index in [4.69, 9.17) is 0 Å². The van der Waals surface area contributed by atoms with Crippen LogP contribution in [-0.4, -0.2) is 42.6 Å². The molecule has 0 fully saturated rings. The van der Waals surface area contributed by atoms with Gasteiger partial charge >= 0.3 is 0 Å². The summed E-state index contributed by atoms with van der Waals surface area (Å²) < 4.78 is 2.13. The van der Waals surface area contributed by atoms with Crippen LogP contribution in [0.2, 0.25) is 0 Å². The Hall–Kier alpha value is -1.81. The number of aromatic nitrogens is 1. The van der Waals surface area contributed by atoms with Gasteiger partial charge in [0, 0.05) is 37.8 Å². The van der Waals surface area contributed by atoms with Gasteiger partial charge in [-0.05, 0) is 31.6 Å². The summed E-state index contributed by atoms with van der Waals surface area (Å²) in [5.74, 6) is 0.111. The number of hydrogen-bond acceptors (Lipinski definition) is 2. The van der Waals surface area contributed by atoms with Crippen LogP contribution in [0.25, 0.3) is 10.9 Å². The standard InChI is InChI=1S/C15H21N3O/c1-17(2)12-9-16-15(19)8-11-18-10-7-13-5-3-4-6-14(13)18/h3-7,10H,8-9,11-12H2,1-2H3,(H,16,19). The van der Waals surface area contributed by atoms with Crippen LogP contribution in [0.15, 0.2) is 36.5 Å². The average Bonchev–Trinajstić information content (AvgIpc) is 2.79. The normalized spacial score (nSPS) is 11.1. The lowest BCUT2D eigenvalue weighted by Gasteiger charge is -2.10. The second kappa shape index (κ2) is 6.38. The zero-order valence-corrected chi connectivity index (χ0v) is 11.6. The number of rotatable bonds is 6. The molecule has 19 heavy (non-hydrogen) atoms. The van der Waals surface area contributed by atoms with Gasteiger partial charge in [0.2, 0.25) is 5.91 Å². The van der Waals surface area contributed by atoms with Crippen LogP contribution in [-0.2, 0) is 11.3 Å². The first-order valence-electron chi connectivity index (χ1n) is 6.62. The van der Waals surface area contributed by atoms with Crippen LogP contribution in [0.3, 0.4) is 0 Å². The van der Waals surface area contributed by atoms with E-state index < -0.39 is 0 Å². The topological polar surface area (TPSA) is 37.3 Å². The van der Waals surface area contributed by atoms with Gasteiger partial charge in [-0.1, -0.05) is 18.2 Å². The molecule has 0 atom stereocenters. The number of carbonyl (C=O) groups excluding carboxylic acids is 1. The summed E-state index contributed by atoms with van der Waals surface area (Å²) >= 11 is 0. The quantitative estimate of drug-likeness (QED) is 0.857. The van der Waals surface area contributed by atoms with Crippen molar-refractivity contribution in [3.8, 4) is 0 Å². The van der Waals surface area contributed by atoms with E-state index in [0.717, 1.165) is 13.1 Å². The predicted molar refractivity (Wildman–Crippen MR) is 78.1 cm³/mol.